The lowest BCUT2D eigenvalue weighted by Gasteiger charge is -2.27. The van der Waals surface area contributed by atoms with Gasteiger partial charge in [0.05, 0.1) is 0 Å². The fourth-order valence-electron chi connectivity index (χ4n) is 2.37. The van der Waals surface area contributed by atoms with Crippen molar-refractivity contribution in [2.75, 3.05) is 24.5 Å². The van der Waals surface area contributed by atoms with Crippen molar-refractivity contribution in [3.05, 3.63) is 28.2 Å². The van der Waals surface area contributed by atoms with Crippen LogP contribution < -0.4 is 10.2 Å². The van der Waals surface area contributed by atoms with E-state index in [2.05, 4.69) is 72.0 Å². The minimum atomic E-state index is 0.691. The van der Waals surface area contributed by atoms with Crippen molar-refractivity contribution < 1.29 is 0 Å². The molecule has 0 aliphatic heterocycles. The summed E-state index contributed by atoms with van der Waals surface area (Å²) in [5.41, 5.74) is 2.77. The van der Waals surface area contributed by atoms with Gasteiger partial charge in [0.25, 0.3) is 0 Å². The van der Waals surface area contributed by atoms with E-state index < -0.39 is 0 Å². The summed E-state index contributed by atoms with van der Waals surface area (Å²) in [6.07, 6.45) is 2.37. The maximum atomic E-state index is 3.61. The van der Waals surface area contributed by atoms with Crippen LogP contribution >= 0.6 is 15.9 Å². The molecule has 3 heteroatoms. The second-order valence-electron chi connectivity index (χ2n) is 5.78. The van der Waals surface area contributed by atoms with Gasteiger partial charge >= 0.3 is 0 Å². The number of hydrogen-bond donors (Lipinski definition) is 1. The number of hydrogen-bond acceptors (Lipinski definition) is 2. The molecule has 0 saturated carbocycles. The summed E-state index contributed by atoms with van der Waals surface area (Å²) in [4.78, 5) is 2.51. The number of benzene rings is 1. The summed E-state index contributed by atoms with van der Waals surface area (Å²) in [7, 11) is 0. The summed E-state index contributed by atoms with van der Waals surface area (Å²) in [5.74, 6) is 0.691. The van der Waals surface area contributed by atoms with Gasteiger partial charge in [-0.1, -0.05) is 49.7 Å². The topological polar surface area (TPSA) is 15.3 Å². The largest absolute Gasteiger partial charge is 0.371 e. The Morgan fingerprint density at radius 2 is 1.80 bits per heavy atom. The predicted molar refractivity (Wildman–Crippen MR) is 93.5 cm³/mol. The van der Waals surface area contributed by atoms with E-state index in [0.29, 0.717) is 5.92 Å². The summed E-state index contributed by atoms with van der Waals surface area (Å²) in [6.45, 7) is 13.3. The van der Waals surface area contributed by atoms with E-state index in [9.17, 15) is 0 Å². The van der Waals surface area contributed by atoms with Crippen LogP contribution in [0.2, 0.25) is 0 Å². The smallest absolute Gasteiger partial charge is 0.0423 e. The minimum Gasteiger partial charge on any atom is -0.371 e. The average molecular weight is 341 g/mol. The van der Waals surface area contributed by atoms with Crippen molar-refractivity contribution in [1.29, 1.82) is 0 Å². The first-order chi connectivity index (χ1) is 9.58. The molecule has 0 bridgehead atoms. The SMILES string of the molecule is CCCN(CCC)c1cc(Br)ccc1CNCC(C)C. The van der Waals surface area contributed by atoms with Crippen LogP contribution in [0.4, 0.5) is 5.69 Å². The molecular weight excluding hydrogens is 312 g/mol. The van der Waals surface area contributed by atoms with Crippen LogP contribution in [-0.2, 0) is 6.54 Å². The Labute approximate surface area is 133 Å². The van der Waals surface area contributed by atoms with Gasteiger partial charge in [-0.2, -0.15) is 0 Å². The van der Waals surface area contributed by atoms with E-state index in [1.807, 2.05) is 0 Å². The second kappa shape index (κ2) is 9.41. The van der Waals surface area contributed by atoms with Gasteiger partial charge < -0.3 is 10.2 Å². The fraction of sp³-hybridized carbons (Fsp3) is 0.647. The highest BCUT2D eigenvalue weighted by atomic mass is 79.9. The first-order valence-corrected chi connectivity index (χ1v) is 8.61. The first kappa shape index (κ1) is 17.5. The molecule has 2 nitrogen and oxygen atoms in total. The van der Waals surface area contributed by atoms with Crippen molar-refractivity contribution >= 4 is 21.6 Å². The molecule has 1 rings (SSSR count). The first-order valence-electron chi connectivity index (χ1n) is 7.82. The van der Waals surface area contributed by atoms with Crippen LogP contribution in [0.25, 0.3) is 0 Å². The van der Waals surface area contributed by atoms with E-state index in [0.717, 1.165) is 30.7 Å². The Hall–Kier alpha value is -0.540. The molecule has 0 fully saturated rings. The average Bonchev–Trinajstić information content (AvgIpc) is 2.40. The summed E-state index contributed by atoms with van der Waals surface area (Å²) in [6, 6.07) is 6.65. The molecular formula is C17H29BrN2. The summed E-state index contributed by atoms with van der Waals surface area (Å²) < 4.78 is 1.16. The van der Waals surface area contributed by atoms with Gasteiger partial charge in [0.2, 0.25) is 0 Å². The summed E-state index contributed by atoms with van der Waals surface area (Å²) >= 11 is 3.61. The van der Waals surface area contributed by atoms with Gasteiger partial charge in [-0.05, 0) is 43.0 Å². The van der Waals surface area contributed by atoms with Crippen LogP contribution in [0.3, 0.4) is 0 Å². The van der Waals surface area contributed by atoms with E-state index in [-0.39, 0.29) is 0 Å². The van der Waals surface area contributed by atoms with E-state index >= 15 is 0 Å². The molecule has 0 aliphatic carbocycles. The molecule has 0 aromatic heterocycles. The molecule has 0 aliphatic rings. The second-order valence-corrected chi connectivity index (χ2v) is 6.70. The molecule has 0 amide bonds. The monoisotopic (exact) mass is 340 g/mol. The molecule has 114 valence electrons. The van der Waals surface area contributed by atoms with Crippen molar-refractivity contribution in [3.63, 3.8) is 0 Å². The lowest BCUT2D eigenvalue weighted by Crippen LogP contribution is -2.27. The van der Waals surface area contributed by atoms with E-state index in [4.69, 9.17) is 0 Å². The van der Waals surface area contributed by atoms with Crippen molar-refractivity contribution in [1.82, 2.24) is 5.32 Å². The number of nitrogens with one attached hydrogen (secondary N) is 1. The maximum absolute atomic E-state index is 3.61. The lowest BCUT2D eigenvalue weighted by molar-refractivity contribution is 0.551. The van der Waals surface area contributed by atoms with Crippen LogP contribution in [0, 0.1) is 5.92 Å². The standard InChI is InChI=1S/C17H29BrN2/c1-5-9-20(10-6-2)17-11-16(18)8-7-15(17)13-19-12-14(3)4/h7-8,11,14,19H,5-6,9-10,12-13H2,1-4H3. The lowest BCUT2D eigenvalue weighted by atomic mass is 10.1. The predicted octanol–water partition coefficient (Wildman–Crippen LogP) is 4.82. The third-order valence-corrected chi connectivity index (χ3v) is 3.74. The third kappa shape index (κ3) is 5.84. The van der Waals surface area contributed by atoms with Crippen LogP contribution in [0.1, 0.15) is 46.1 Å². The van der Waals surface area contributed by atoms with Crippen LogP contribution in [0.15, 0.2) is 22.7 Å². The minimum absolute atomic E-state index is 0.691. The Morgan fingerprint density at radius 3 is 2.35 bits per heavy atom. The number of anilines is 1. The zero-order valence-corrected chi connectivity index (χ0v) is 15.0. The zero-order valence-electron chi connectivity index (χ0n) is 13.4. The van der Waals surface area contributed by atoms with Crippen LogP contribution in [-0.4, -0.2) is 19.6 Å². The Balaban J connectivity index is 2.86. The Kier molecular flexibility index (Phi) is 8.24. The molecule has 1 aromatic rings. The van der Waals surface area contributed by atoms with Crippen molar-refractivity contribution in [3.8, 4) is 0 Å². The molecule has 20 heavy (non-hydrogen) atoms. The van der Waals surface area contributed by atoms with Crippen molar-refractivity contribution in [2.24, 2.45) is 5.92 Å². The molecule has 1 aromatic carbocycles. The summed E-state index contributed by atoms with van der Waals surface area (Å²) in [5, 5.41) is 3.56. The molecule has 0 spiro atoms. The number of halogens is 1. The van der Waals surface area contributed by atoms with Gasteiger partial charge in [0.15, 0.2) is 0 Å². The highest BCUT2D eigenvalue weighted by molar-refractivity contribution is 9.10. The van der Waals surface area contributed by atoms with Gasteiger partial charge in [-0.3, -0.25) is 0 Å². The molecule has 0 unspecified atom stereocenters. The van der Waals surface area contributed by atoms with E-state index in [1.165, 1.54) is 24.1 Å². The molecule has 1 N–H and O–H groups in total. The molecule has 0 radical (unpaired) electrons. The Morgan fingerprint density at radius 1 is 1.15 bits per heavy atom. The zero-order chi connectivity index (χ0) is 15.0. The molecule has 0 heterocycles. The Bertz CT molecular complexity index is 385. The van der Waals surface area contributed by atoms with Crippen LogP contribution in [0.5, 0.6) is 0 Å². The molecule has 0 saturated heterocycles. The molecule has 0 atom stereocenters. The van der Waals surface area contributed by atoms with Gasteiger partial charge in [0, 0.05) is 29.8 Å². The normalized spacial score (nSPS) is 11.1. The third-order valence-electron chi connectivity index (χ3n) is 3.24. The van der Waals surface area contributed by atoms with Gasteiger partial charge in [0.1, 0.15) is 0 Å². The highest BCUT2D eigenvalue weighted by Crippen LogP contribution is 2.26. The number of rotatable bonds is 9. The van der Waals surface area contributed by atoms with E-state index in [1.54, 1.807) is 0 Å². The maximum Gasteiger partial charge on any atom is 0.0423 e. The quantitative estimate of drug-likeness (QED) is 0.693. The highest BCUT2D eigenvalue weighted by Gasteiger charge is 2.10. The van der Waals surface area contributed by atoms with Crippen molar-refractivity contribution in [2.45, 2.75) is 47.1 Å². The fourth-order valence-corrected chi connectivity index (χ4v) is 2.72. The number of nitrogens with zero attached hydrogens (tertiary/aromatic N) is 1. The van der Waals surface area contributed by atoms with Gasteiger partial charge in [-0.25, -0.2) is 0 Å². The van der Waals surface area contributed by atoms with Gasteiger partial charge in [-0.15, -0.1) is 0 Å².